The average Bonchev–Trinajstić information content (AvgIpc) is 3.85. The Hall–Kier alpha value is -5.91. The first-order chi connectivity index (χ1) is 22.8. The van der Waals surface area contributed by atoms with E-state index in [2.05, 4.69) is 137 Å². The van der Waals surface area contributed by atoms with Crippen LogP contribution in [0.1, 0.15) is 0 Å². The molecule has 0 radical (unpaired) electrons. The second-order valence-corrected chi connectivity index (χ2v) is 13.0. The molecule has 0 saturated heterocycles. The molecular formula is C41H23N3OS. The standard InChI is InChI=1S/C41H23N3OS/c1-2-10-25-22-35-31(21-24(25)9-1)29-18-17-26(43-33-14-6-3-11-27(33)28-12-4-7-15-34(28)43)23-36(29)44(35)41-42-32-19-20-38-39(40(32)46-41)30-13-5-8-16-37(30)45-38/h1-23H. The lowest BCUT2D eigenvalue weighted by atomic mass is 10.1. The van der Waals surface area contributed by atoms with E-state index < -0.39 is 0 Å². The Morgan fingerprint density at radius 2 is 1.13 bits per heavy atom. The average molecular weight is 606 g/mol. The van der Waals surface area contributed by atoms with Gasteiger partial charge in [-0.3, -0.25) is 4.57 Å². The van der Waals surface area contributed by atoms with Gasteiger partial charge in [0.25, 0.3) is 0 Å². The zero-order valence-corrected chi connectivity index (χ0v) is 25.3. The highest BCUT2D eigenvalue weighted by Crippen LogP contribution is 2.42. The molecule has 4 nitrogen and oxygen atoms in total. The van der Waals surface area contributed by atoms with Crippen LogP contribution in [0.25, 0.3) is 97.4 Å². The number of hydrogen-bond acceptors (Lipinski definition) is 3. The van der Waals surface area contributed by atoms with Crippen LogP contribution >= 0.6 is 11.3 Å². The molecule has 0 amide bonds. The van der Waals surface area contributed by atoms with Crippen molar-refractivity contribution in [3.8, 4) is 10.8 Å². The molecule has 11 rings (SSSR count). The number of aromatic nitrogens is 3. The van der Waals surface area contributed by atoms with Crippen molar-refractivity contribution in [1.29, 1.82) is 0 Å². The van der Waals surface area contributed by atoms with Crippen LogP contribution in [-0.4, -0.2) is 14.1 Å². The normalized spacial score (nSPS) is 12.3. The summed E-state index contributed by atoms with van der Waals surface area (Å²) in [6, 6.07) is 50.0. The maximum absolute atomic E-state index is 6.25. The highest BCUT2D eigenvalue weighted by molar-refractivity contribution is 7.22. The van der Waals surface area contributed by atoms with Gasteiger partial charge >= 0.3 is 0 Å². The van der Waals surface area contributed by atoms with Gasteiger partial charge in [-0.1, -0.05) is 96.3 Å². The fourth-order valence-corrected chi connectivity index (χ4v) is 8.66. The topological polar surface area (TPSA) is 35.9 Å². The van der Waals surface area contributed by atoms with Gasteiger partial charge in [-0.05, 0) is 65.4 Å². The summed E-state index contributed by atoms with van der Waals surface area (Å²) in [4.78, 5) is 5.30. The van der Waals surface area contributed by atoms with Crippen molar-refractivity contribution >= 4 is 97.9 Å². The van der Waals surface area contributed by atoms with Crippen LogP contribution in [0.3, 0.4) is 0 Å². The fraction of sp³-hybridized carbons (Fsp3) is 0. The van der Waals surface area contributed by atoms with Gasteiger partial charge in [-0.15, -0.1) is 0 Å². The number of fused-ring (bicyclic) bond motifs is 12. The summed E-state index contributed by atoms with van der Waals surface area (Å²) >= 11 is 1.73. The second kappa shape index (κ2) is 8.84. The fourth-order valence-electron chi connectivity index (χ4n) is 7.52. The number of furan rings is 1. The molecule has 0 unspecified atom stereocenters. The Kier molecular flexibility index (Phi) is 4.69. The minimum atomic E-state index is 0.894. The first-order valence-electron chi connectivity index (χ1n) is 15.5. The molecule has 46 heavy (non-hydrogen) atoms. The van der Waals surface area contributed by atoms with E-state index in [1.165, 1.54) is 43.4 Å². The van der Waals surface area contributed by atoms with Crippen molar-refractivity contribution in [2.75, 3.05) is 0 Å². The van der Waals surface area contributed by atoms with E-state index in [-0.39, 0.29) is 0 Å². The summed E-state index contributed by atoms with van der Waals surface area (Å²) in [7, 11) is 0. The first-order valence-corrected chi connectivity index (χ1v) is 16.3. The SMILES string of the molecule is c1ccc2cc3c(cc2c1)c1ccc(-n2c4ccccc4c4ccccc42)cc1n3-c1nc2ccc3oc4ccccc4c3c2s1. The summed E-state index contributed by atoms with van der Waals surface area (Å²) in [5.41, 5.74) is 8.59. The van der Waals surface area contributed by atoms with Gasteiger partial charge in [0.1, 0.15) is 11.2 Å². The molecule has 0 spiro atoms. The third kappa shape index (κ3) is 3.19. The number of para-hydroxylation sites is 3. The maximum Gasteiger partial charge on any atom is 0.195 e. The number of hydrogen-bond donors (Lipinski definition) is 0. The Morgan fingerprint density at radius 3 is 1.93 bits per heavy atom. The Labute approximate surface area is 265 Å². The molecule has 5 heteroatoms. The molecule has 4 aromatic heterocycles. The van der Waals surface area contributed by atoms with Crippen LogP contribution in [0.5, 0.6) is 0 Å². The van der Waals surface area contributed by atoms with E-state index in [0.29, 0.717) is 0 Å². The van der Waals surface area contributed by atoms with Gasteiger partial charge in [0.15, 0.2) is 5.13 Å². The third-order valence-electron chi connectivity index (χ3n) is 9.53. The molecule has 4 heterocycles. The minimum Gasteiger partial charge on any atom is -0.456 e. The highest BCUT2D eigenvalue weighted by Gasteiger charge is 2.20. The van der Waals surface area contributed by atoms with Crippen LogP contribution in [0.15, 0.2) is 144 Å². The minimum absolute atomic E-state index is 0.894. The van der Waals surface area contributed by atoms with Crippen molar-refractivity contribution in [2.45, 2.75) is 0 Å². The number of nitrogens with zero attached hydrogens (tertiary/aromatic N) is 3. The van der Waals surface area contributed by atoms with E-state index in [1.807, 2.05) is 12.1 Å². The van der Waals surface area contributed by atoms with Gasteiger partial charge in [0, 0.05) is 38.0 Å². The summed E-state index contributed by atoms with van der Waals surface area (Å²) < 4.78 is 12.2. The van der Waals surface area contributed by atoms with Crippen LogP contribution in [-0.2, 0) is 0 Å². The number of rotatable bonds is 2. The van der Waals surface area contributed by atoms with Crippen LogP contribution in [0.4, 0.5) is 0 Å². The Morgan fingerprint density at radius 1 is 0.478 bits per heavy atom. The van der Waals surface area contributed by atoms with E-state index in [4.69, 9.17) is 9.40 Å². The van der Waals surface area contributed by atoms with Crippen LogP contribution in [0.2, 0.25) is 0 Å². The molecule has 0 bridgehead atoms. The van der Waals surface area contributed by atoms with Crippen molar-refractivity contribution in [1.82, 2.24) is 14.1 Å². The van der Waals surface area contributed by atoms with Crippen LogP contribution in [0, 0.1) is 0 Å². The van der Waals surface area contributed by atoms with Crippen molar-refractivity contribution < 1.29 is 4.42 Å². The predicted octanol–water partition coefficient (Wildman–Crippen LogP) is 11.5. The summed E-state index contributed by atoms with van der Waals surface area (Å²) in [6.07, 6.45) is 0. The van der Waals surface area contributed by atoms with Gasteiger partial charge in [0.2, 0.25) is 0 Å². The molecule has 0 saturated carbocycles. The lowest BCUT2D eigenvalue weighted by Crippen LogP contribution is -1.96. The summed E-state index contributed by atoms with van der Waals surface area (Å²) in [5.74, 6) is 0. The highest BCUT2D eigenvalue weighted by atomic mass is 32.1. The smallest absolute Gasteiger partial charge is 0.195 e. The summed E-state index contributed by atoms with van der Waals surface area (Å²) in [6.45, 7) is 0. The predicted molar refractivity (Wildman–Crippen MR) is 193 cm³/mol. The largest absolute Gasteiger partial charge is 0.456 e. The Balaban J connectivity index is 1.27. The maximum atomic E-state index is 6.25. The monoisotopic (exact) mass is 605 g/mol. The van der Waals surface area contributed by atoms with Crippen molar-refractivity contribution in [3.63, 3.8) is 0 Å². The van der Waals surface area contributed by atoms with E-state index >= 15 is 0 Å². The van der Waals surface area contributed by atoms with Gasteiger partial charge < -0.3 is 8.98 Å². The molecular weight excluding hydrogens is 583 g/mol. The molecule has 7 aromatic carbocycles. The molecule has 0 aliphatic rings. The van der Waals surface area contributed by atoms with Crippen molar-refractivity contribution in [3.05, 3.63) is 140 Å². The lowest BCUT2D eigenvalue weighted by molar-refractivity contribution is 0.669. The van der Waals surface area contributed by atoms with Crippen LogP contribution < -0.4 is 0 Å². The first kappa shape index (κ1) is 24.4. The number of thiazole rings is 1. The molecule has 214 valence electrons. The lowest BCUT2D eigenvalue weighted by Gasteiger charge is -2.09. The van der Waals surface area contributed by atoms with Gasteiger partial charge in [0.05, 0.1) is 32.3 Å². The zero-order chi connectivity index (χ0) is 29.9. The van der Waals surface area contributed by atoms with E-state index in [1.54, 1.807) is 11.3 Å². The molecule has 0 aliphatic heterocycles. The van der Waals surface area contributed by atoms with Gasteiger partial charge in [-0.2, -0.15) is 0 Å². The number of benzene rings is 7. The molecule has 0 fully saturated rings. The quantitative estimate of drug-likeness (QED) is 0.196. The van der Waals surface area contributed by atoms with E-state index in [0.717, 1.165) is 54.0 Å². The molecule has 11 aromatic rings. The zero-order valence-electron chi connectivity index (χ0n) is 24.4. The van der Waals surface area contributed by atoms with Gasteiger partial charge in [-0.25, -0.2) is 4.98 Å². The Bertz CT molecular complexity index is 2990. The van der Waals surface area contributed by atoms with E-state index in [9.17, 15) is 0 Å². The summed E-state index contributed by atoms with van der Waals surface area (Å²) in [5, 5.41) is 10.6. The molecule has 0 N–H and O–H groups in total. The molecule has 0 aliphatic carbocycles. The third-order valence-corrected chi connectivity index (χ3v) is 10.6. The van der Waals surface area contributed by atoms with Crippen molar-refractivity contribution in [2.24, 2.45) is 0 Å². The molecule has 0 atom stereocenters. The second-order valence-electron chi connectivity index (χ2n) is 12.0.